The number of carbonyl (C=O) groups is 3. The summed E-state index contributed by atoms with van der Waals surface area (Å²) in [5.41, 5.74) is 2.51. The van der Waals surface area contributed by atoms with Gasteiger partial charge in [0, 0.05) is 23.2 Å². The molecule has 0 spiro atoms. The zero-order valence-electron chi connectivity index (χ0n) is 16.5. The van der Waals surface area contributed by atoms with Crippen LogP contribution < -0.4 is 9.64 Å². The van der Waals surface area contributed by atoms with E-state index in [4.69, 9.17) is 14.2 Å². The lowest BCUT2D eigenvalue weighted by Gasteiger charge is -2.16. The van der Waals surface area contributed by atoms with E-state index in [2.05, 4.69) is 0 Å². The van der Waals surface area contributed by atoms with Crippen LogP contribution in [0.5, 0.6) is 5.75 Å². The molecular formula is C22H23NO6. The number of ether oxygens (including phenoxy) is 3. The van der Waals surface area contributed by atoms with E-state index in [0.29, 0.717) is 55.2 Å². The number of carbonyl (C=O) groups excluding carboxylic acids is 3. The minimum Gasteiger partial charge on any atom is -0.493 e. The van der Waals surface area contributed by atoms with Gasteiger partial charge in [-0.25, -0.2) is 4.79 Å². The van der Waals surface area contributed by atoms with Gasteiger partial charge in [0.25, 0.3) is 5.91 Å². The number of methoxy groups -OCH3 is 1. The maximum atomic E-state index is 12.8. The molecule has 2 aromatic rings. The predicted octanol–water partition coefficient (Wildman–Crippen LogP) is 3.36. The Morgan fingerprint density at radius 1 is 1.10 bits per heavy atom. The quantitative estimate of drug-likeness (QED) is 0.502. The number of hydrogen-bond acceptors (Lipinski definition) is 6. The van der Waals surface area contributed by atoms with E-state index in [1.807, 2.05) is 6.07 Å². The highest BCUT2D eigenvalue weighted by Gasteiger charge is 2.31. The molecule has 1 amide bonds. The molecule has 1 aliphatic rings. The second kappa shape index (κ2) is 9.23. The Kier molecular flexibility index (Phi) is 6.49. The summed E-state index contributed by atoms with van der Waals surface area (Å²) in [6.07, 6.45) is 0.829. The maximum absolute atomic E-state index is 12.8. The summed E-state index contributed by atoms with van der Waals surface area (Å²) >= 11 is 0. The average molecular weight is 397 g/mol. The smallest absolute Gasteiger partial charge is 0.337 e. The Balaban J connectivity index is 1.68. The van der Waals surface area contributed by atoms with E-state index >= 15 is 0 Å². The van der Waals surface area contributed by atoms with Crippen molar-refractivity contribution in [3.05, 3.63) is 59.2 Å². The number of anilines is 1. The first-order valence-corrected chi connectivity index (χ1v) is 9.45. The molecule has 7 heteroatoms. The van der Waals surface area contributed by atoms with E-state index < -0.39 is 5.97 Å². The highest BCUT2D eigenvalue weighted by Crippen LogP contribution is 2.34. The van der Waals surface area contributed by atoms with Crippen LogP contribution in [-0.2, 0) is 20.8 Å². The van der Waals surface area contributed by atoms with Gasteiger partial charge in [0.2, 0.25) is 0 Å². The van der Waals surface area contributed by atoms with Gasteiger partial charge in [-0.1, -0.05) is 6.07 Å². The van der Waals surface area contributed by atoms with Crippen LogP contribution in [0.2, 0.25) is 0 Å². The lowest BCUT2D eigenvalue weighted by atomic mass is 10.1. The van der Waals surface area contributed by atoms with E-state index in [0.717, 1.165) is 5.56 Å². The average Bonchev–Trinajstić information content (AvgIpc) is 3.08. The maximum Gasteiger partial charge on any atom is 0.337 e. The van der Waals surface area contributed by atoms with Crippen LogP contribution in [0.3, 0.4) is 0 Å². The Labute approximate surface area is 169 Å². The highest BCUT2D eigenvalue weighted by molar-refractivity contribution is 6.10. The fourth-order valence-electron chi connectivity index (χ4n) is 3.18. The number of fused-ring (bicyclic) bond motifs is 1. The molecule has 152 valence electrons. The monoisotopic (exact) mass is 397 g/mol. The molecule has 0 saturated carbocycles. The summed E-state index contributed by atoms with van der Waals surface area (Å²) in [4.78, 5) is 37.5. The van der Waals surface area contributed by atoms with Gasteiger partial charge in [0.1, 0.15) is 5.75 Å². The number of rotatable bonds is 8. The Morgan fingerprint density at radius 3 is 2.55 bits per heavy atom. The summed E-state index contributed by atoms with van der Waals surface area (Å²) in [6.45, 7) is 2.87. The molecule has 0 N–H and O–H groups in total. The van der Waals surface area contributed by atoms with Crippen molar-refractivity contribution in [2.45, 2.75) is 26.3 Å². The number of nitrogens with zero attached hydrogens (tertiary/aromatic N) is 1. The van der Waals surface area contributed by atoms with Gasteiger partial charge in [-0.2, -0.15) is 0 Å². The van der Waals surface area contributed by atoms with Crippen LogP contribution >= 0.6 is 0 Å². The van der Waals surface area contributed by atoms with Crippen LogP contribution in [0.1, 0.15) is 46.0 Å². The first-order chi connectivity index (χ1) is 14.0. The molecule has 1 aliphatic heterocycles. The number of amides is 1. The third-order valence-corrected chi connectivity index (χ3v) is 4.61. The Morgan fingerprint density at radius 2 is 1.86 bits per heavy atom. The Bertz CT molecular complexity index is 906. The van der Waals surface area contributed by atoms with Gasteiger partial charge in [0.15, 0.2) is 0 Å². The van der Waals surface area contributed by atoms with Crippen molar-refractivity contribution in [3.63, 3.8) is 0 Å². The van der Waals surface area contributed by atoms with Gasteiger partial charge < -0.3 is 19.1 Å². The van der Waals surface area contributed by atoms with Crippen molar-refractivity contribution in [1.82, 2.24) is 0 Å². The molecule has 0 aliphatic carbocycles. The molecule has 29 heavy (non-hydrogen) atoms. The zero-order valence-corrected chi connectivity index (χ0v) is 16.5. The van der Waals surface area contributed by atoms with Crippen molar-refractivity contribution >= 4 is 23.5 Å². The molecule has 2 aromatic carbocycles. The van der Waals surface area contributed by atoms with Crippen LogP contribution in [-0.4, -0.2) is 38.2 Å². The second-order valence-electron chi connectivity index (χ2n) is 6.47. The van der Waals surface area contributed by atoms with Crippen LogP contribution in [0.15, 0.2) is 42.5 Å². The first kappa shape index (κ1) is 20.4. The van der Waals surface area contributed by atoms with Gasteiger partial charge in [-0.15, -0.1) is 0 Å². The fourth-order valence-corrected chi connectivity index (χ4v) is 3.18. The number of benzene rings is 2. The van der Waals surface area contributed by atoms with E-state index in [-0.39, 0.29) is 11.9 Å². The summed E-state index contributed by atoms with van der Waals surface area (Å²) in [7, 11) is 1.32. The minimum absolute atomic E-state index is 0.122. The van der Waals surface area contributed by atoms with Crippen LogP contribution in [0.4, 0.5) is 5.69 Å². The first-order valence-electron chi connectivity index (χ1n) is 9.45. The van der Waals surface area contributed by atoms with Gasteiger partial charge in [-0.3, -0.25) is 9.59 Å². The standard InChI is InChI=1S/C22H23NO6/c1-3-28-20(24)8-5-13-29-19-7-4-6-17-18(19)14-23(21(17)25)16-11-9-15(10-12-16)22(26)27-2/h4,6-7,9-12H,3,5,8,13-14H2,1-2H3. The van der Waals surface area contributed by atoms with Crippen molar-refractivity contribution in [2.75, 3.05) is 25.2 Å². The molecule has 7 nitrogen and oxygen atoms in total. The molecule has 0 atom stereocenters. The van der Waals surface area contributed by atoms with E-state index in [1.54, 1.807) is 48.2 Å². The van der Waals surface area contributed by atoms with Crippen molar-refractivity contribution < 1.29 is 28.6 Å². The van der Waals surface area contributed by atoms with Crippen molar-refractivity contribution in [2.24, 2.45) is 0 Å². The molecule has 0 unspecified atom stereocenters. The van der Waals surface area contributed by atoms with Gasteiger partial charge >= 0.3 is 11.9 Å². The number of hydrogen-bond donors (Lipinski definition) is 0. The Hall–Kier alpha value is -3.35. The molecule has 0 saturated heterocycles. The van der Waals surface area contributed by atoms with Crippen molar-refractivity contribution in [3.8, 4) is 5.75 Å². The molecular weight excluding hydrogens is 374 g/mol. The normalized spacial score (nSPS) is 12.5. The van der Waals surface area contributed by atoms with Crippen LogP contribution in [0.25, 0.3) is 0 Å². The second-order valence-corrected chi connectivity index (χ2v) is 6.47. The fraction of sp³-hybridized carbons (Fsp3) is 0.318. The van der Waals surface area contributed by atoms with E-state index in [9.17, 15) is 14.4 Å². The minimum atomic E-state index is -0.425. The third kappa shape index (κ3) is 4.56. The largest absolute Gasteiger partial charge is 0.493 e. The third-order valence-electron chi connectivity index (χ3n) is 4.61. The van der Waals surface area contributed by atoms with Gasteiger partial charge in [0.05, 0.1) is 32.4 Å². The molecule has 1 heterocycles. The predicted molar refractivity (Wildman–Crippen MR) is 106 cm³/mol. The number of esters is 2. The summed E-state index contributed by atoms with van der Waals surface area (Å²) in [5.74, 6) is -0.159. The lowest BCUT2D eigenvalue weighted by molar-refractivity contribution is -0.143. The SMILES string of the molecule is CCOC(=O)CCCOc1cccc2c1CN(c1ccc(C(=O)OC)cc1)C2=O. The molecule has 0 fully saturated rings. The van der Waals surface area contributed by atoms with Crippen molar-refractivity contribution in [1.29, 1.82) is 0 Å². The molecule has 0 bridgehead atoms. The molecule has 3 rings (SSSR count). The van der Waals surface area contributed by atoms with Crippen LogP contribution in [0, 0.1) is 0 Å². The summed E-state index contributed by atoms with van der Waals surface area (Å²) in [6, 6.07) is 12.1. The van der Waals surface area contributed by atoms with Gasteiger partial charge in [-0.05, 0) is 49.7 Å². The lowest BCUT2D eigenvalue weighted by Crippen LogP contribution is -2.23. The topological polar surface area (TPSA) is 82.1 Å². The zero-order chi connectivity index (χ0) is 20.8. The van der Waals surface area contributed by atoms with E-state index in [1.165, 1.54) is 7.11 Å². The molecule has 0 aromatic heterocycles. The summed E-state index contributed by atoms with van der Waals surface area (Å²) in [5, 5.41) is 0. The highest BCUT2D eigenvalue weighted by atomic mass is 16.5. The summed E-state index contributed by atoms with van der Waals surface area (Å²) < 4.78 is 15.4. The molecule has 0 radical (unpaired) electrons.